The second-order valence-electron chi connectivity index (χ2n) is 11.7. The smallest absolute Gasteiger partial charge is 0.182 e. The van der Waals surface area contributed by atoms with Gasteiger partial charge in [0.05, 0.1) is 28.3 Å². The van der Waals surface area contributed by atoms with Crippen molar-refractivity contribution in [3.63, 3.8) is 0 Å². The average Bonchev–Trinajstić information content (AvgIpc) is 3.81. The van der Waals surface area contributed by atoms with Crippen molar-refractivity contribution in [1.82, 2.24) is 14.9 Å². The number of aromatic hydroxyl groups is 1. The molecular weight excluding hydrogens is 568 g/mol. The Balaban J connectivity index is 0.000000273. The van der Waals surface area contributed by atoms with Gasteiger partial charge in [-0.1, -0.05) is 57.5 Å². The number of anilines is 2. The minimum atomic E-state index is 0.197. The fraction of sp³-hybridized carbons (Fsp3) is 0.436. The van der Waals surface area contributed by atoms with Gasteiger partial charge in [0.1, 0.15) is 0 Å². The van der Waals surface area contributed by atoms with E-state index in [0.29, 0.717) is 17.7 Å². The quantitative estimate of drug-likeness (QED) is 0.118. The number of benzene rings is 2. The maximum Gasteiger partial charge on any atom is 0.182 e. The van der Waals surface area contributed by atoms with E-state index in [1.165, 1.54) is 29.7 Å². The van der Waals surface area contributed by atoms with Gasteiger partial charge in [0.2, 0.25) is 0 Å². The summed E-state index contributed by atoms with van der Waals surface area (Å²) in [5, 5.41) is 22.0. The second kappa shape index (κ2) is 18.0. The summed E-state index contributed by atoms with van der Waals surface area (Å²) in [5.41, 5.74) is 8.73. The molecule has 248 valence electrons. The van der Waals surface area contributed by atoms with E-state index in [1.807, 2.05) is 76.0 Å². The van der Waals surface area contributed by atoms with Crippen molar-refractivity contribution in [2.75, 3.05) is 30.8 Å². The zero-order valence-electron chi connectivity index (χ0n) is 29.5. The van der Waals surface area contributed by atoms with Crippen molar-refractivity contribution in [2.24, 2.45) is 10.9 Å². The lowest BCUT2D eigenvalue weighted by atomic mass is 9.98. The SMILES string of the molecule is CC.CC=CNCC(c1cc(NCC)c(O)c(-n2ccc3ccccc32)n1)C1CC1.CCCC(C)=Nc1c(C)cc(C)cc1NC. The molecule has 1 fully saturated rings. The molecule has 2 aromatic carbocycles. The molecule has 4 aromatic rings. The summed E-state index contributed by atoms with van der Waals surface area (Å²) >= 11 is 0. The molecule has 2 aromatic heterocycles. The molecule has 2 heterocycles. The standard InChI is InChI=1S/C23H28N4O.C14H22N2.C2H6/c1-3-12-24-15-18(16-9-10-16)19-14-20(25-4-2)22(28)23(26-19)27-13-11-17-7-5-6-8-21(17)27;1-6-7-12(4)16-14-11(3)8-10(2)9-13(14)15-5;1-2/h3,5-8,11-14,16,18,24,28H,4,9-10,15H2,1-2H3,(H,25,26);8-9,15H,6-7H2,1-5H3;1-2H3. The van der Waals surface area contributed by atoms with E-state index in [4.69, 9.17) is 9.98 Å². The molecule has 5 rings (SSSR count). The van der Waals surface area contributed by atoms with Crippen molar-refractivity contribution >= 4 is 33.7 Å². The first kappa shape index (κ1) is 36.2. The second-order valence-corrected chi connectivity index (χ2v) is 11.7. The molecule has 7 nitrogen and oxygen atoms in total. The molecule has 0 aliphatic heterocycles. The van der Waals surface area contributed by atoms with Gasteiger partial charge < -0.3 is 21.1 Å². The fourth-order valence-electron chi connectivity index (χ4n) is 5.73. The Labute approximate surface area is 277 Å². The van der Waals surface area contributed by atoms with Gasteiger partial charge >= 0.3 is 0 Å². The molecule has 1 atom stereocenters. The summed E-state index contributed by atoms with van der Waals surface area (Å²) in [6.45, 7) is 18.2. The Hall–Kier alpha value is -4.26. The molecule has 1 aliphatic rings. The largest absolute Gasteiger partial charge is 0.503 e. The van der Waals surface area contributed by atoms with Gasteiger partial charge in [0, 0.05) is 38.0 Å². The van der Waals surface area contributed by atoms with Crippen LogP contribution < -0.4 is 16.0 Å². The summed E-state index contributed by atoms with van der Waals surface area (Å²) in [6, 6.07) is 16.6. The van der Waals surface area contributed by atoms with Crippen molar-refractivity contribution in [2.45, 2.75) is 87.0 Å². The summed E-state index contributed by atoms with van der Waals surface area (Å²) in [6.07, 6.45) is 10.7. The van der Waals surface area contributed by atoms with Crippen molar-refractivity contribution in [1.29, 1.82) is 0 Å². The van der Waals surface area contributed by atoms with Gasteiger partial charge in [0.15, 0.2) is 11.6 Å². The van der Waals surface area contributed by atoms with Crippen LogP contribution in [-0.4, -0.2) is 40.5 Å². The first-order valence-electron chi connectivity index (χ1n) is 17.0. The van der Waals surface area contributed by atoms with E-state index in [9.17, 15) is 5.11 Å². The lowest BCUT2D eigenvalue weighted by Crippen LogP contribution is -2.20. The lowest BCUT2D eigenvalue weighted by Gasteiger charge is -2.20. The van der Waals surface area contributed by atoms with Crippen LogP contribution >= 0.6 is 0 Å². The van der Waals surface area contributed by atoms with E-state index in [2.05, 4.69) is 74.0 Å². The molecule has 0 saturated heterocycles. The minimum absolute atomic E-state index is 0.197. The van der Waals surface area contributed by atoms with Gasteiger partial charge in [-0.05, 0) is 107 Å². The van der Waals surface area contributed by atoms with Gasteiger partial charge in [-0.15, -0.1) is 0 Å². The Bertz CT molecular complexity index is 1600. The highest BCUT2D eigenvalue weighted by atomic mass is 16.3. The summed E-state index contributed by atoms with van der Waals surface area (Å²) in [4.78, 5) is 9.67. The van der Waals surface area contributed by atoms with Gasteiger partial charge in [-0.2, -0.15) is 0 Å². The molecule has 0 bridgehead atoms. The number of allylic oxidation sites excluding steroid dienone is 1. The fourth-order valence-corrected chi connectivity index (χ4v) is 5.73. The third-order valence-electron chi connectivity index (χ3n) is 8.01. The third kappa shape index (κ3) is 9.38. The number of fused-ring (bicyclic) bond motifs is 1. The molecule has 1 unspecified atom stereocenters. The van der Waals surface area contributed by atoms with Gasteiger partial charge in [-0.25, -0.2) is 4.98 Å². The van der Waals surface area contributed by atoms with Crippen LogP contribution in [-0.2, 0) is 0 Å². The number of hydrogen-bond acceptors (Lipinski definition) is 6. The Kier molecular flexibility index (Phi) is 14.2. The van der Waals surface area contributed by atoms with Crippen molar-refractivity contribution in [3.05, 3.63) is 83.8 Å². The van der Waals surface area contributed by atoms with Gasteiger partial charge in [-0.3, -0.25) is 9.56 Å². The Morgan fingerprint density at radius 1 is 1.09 bits per heavy atom. The van der Waals surface area contributed by atoms with E-state index in [-0.39, 0.29) is 5.75 Å². The molecule has 1 saturated carbocycles. The molecule has 46 heavy (non-hydrogen) atoms. The van der Waals surface area contributed by atoms with Crippen LogP contribution in [0.15, 0.2) is 72.0 Å². The monoisotopic (exact) mass is 624 g/mol. The van der Waals surface area contributed by atoms with Crippen LogP contribution in [0.3, 0.4) is 0 Å². The number of aliphatic imine (C=N–C) groups is 1. The van der Waals surface area contributed by atoms with E-state index < -0.39 is 0 Å². The van der Waals surface area contributed by atoms with Gasteiger partial charge in [0.25, 0.3) is 0 Å². The molecule has 4 N–H and O–H groups in total. The highest BCUT2D eigenvalue weighted by Crippen LogP contribution is 2.44. The number of aromatic nitrogens is 2. The number of nitrogens with zero attached hydrogens (tertiary/aromatic N) is 3. The molecule has 0 amide bonds. The first-order chi connectivity index (χ1) is 22.3. The maximum absolute atomic E-state index is 11.0. The molecule has 7 heteroatoms. The predicted molar refractivity (Wildman–Crippen MR) is 200 cm³/mol. The average molecular weight is 625 g/mol. The zero-order chi connectivity index (χ0) is 33.6. The number of pyridine rings is 1. The van der Waals surface area contributed by atoms with E-state index in [1.54, 1.807) is 0 Å². The Morgan fingerprint density at radius 2 is 1.83 bits per heavy atom. The van der Waals surface area contributed by atoms with E-state index >= 15 is 0 Å². The Morgan fingerprint density at radius 3 is 2.48 bits per heavy atom. The van der Waals surface area contributed by atoms with Crippen molar-refractivity contribution < 1.29 is 5.11 Å². The highest BCUT2D eigenvalue weighted by Gasteiger charge is 2.34. The number of para-hydroxylation sites is 1. The summed E-state index contributed by atoms with van der Waals surface area (Å²) in [5.74, 6) is 1.77. The topological polar surface area (TPSA) is 86.5 Å². The van der Waals surface area contributed by atoms with Crippen LogP contribution in [0.4, 0.5) is 17.1 Å². The lowest BCUT2D eigenvalue weighted by molar-refractivity contribution is 0.469. The molecule has 1 aliphatic carbocycles. The molecule has 0 radical (unpaired) electrons. The van der Waals surface area contributed by atoms with Crippen LogP contribution in [0.1, 0.15) is 90.0 Å². The van der Waals surface area contributed by atoms with Crippen LogP contribution in [0.5, 0.6) is 5.75 Å². The number of aryl methyl sites for hydroxylation is 2. The predicted octanol–water partition coefficient (Wildman–Crippen LogP) is 10.0. The maximum atomic E-state index is 11.0. The third-order valence-corrected chi connectivity index (χ3v) is 8.01. The number of rotatable bonds is 12. The first-order valence-corrected chi connectivity index (χ1v) is 17.0. The summed E-state index contributed by atoms with van der Waals surface area (Å²) in [7, 11) is 1.95. The van der Waals surface area contributed by atoms with Crippen LogP contribution in [0.25, 0.3) is 16.7 Å². The van der Waals surface area contributed by atoms with E-state index in [0.717, 1.165) is 59.6 Å². The normalized spacial score (nSPS) is 13.5. The molecular formula is C39H56N6O. The zero-order valence-corrected chi connectivity index (χ0v) is 29.5. The summed E-state index contributed by atoms with van der Waals surface area (Å²) < 4.78 is 1.98. The number of hydrogen-bond donors (Lipinski definition) is 4. The van der Waals surface area contributed by atoms with Crippen LogP contribution in [0, 0.1) is 19.8 Å². The molecule has 0 spiro atoms. The van der Waals surface area contributed by atoms with Crippen LogP contribution in [0.2, 0.25) is 0 Å². The number of nitrogens with one attached hydrogen (secondary N) is 3. The highest BCUT2D eigenvalue weighted by molar-refractivity contribution is 5.87. The van der Waals surface area contributed by atoms with Crippen molar-refractivity contribution in [3.8, 4) is 11.6 Å². The minimum Gasteiger partial charge on any atom is -0.503 e.